The van der Waals surface area contributed by atoms with Gasteiger partial charge in [-0.05, 0) is 38.8 Å². The second-order valence-corrected chi connectivity index (χ2v) is 6.33. The Labute approximate surface area is 129 Å². The van der Waals surface area contributed by atoms with Crippen LogP contribution in [-0.4, -0.2) is 44.3 Å². The minimum atomic E-state index is 0.413. The molecule has 3 nitrogen and oxygen atoms in total. The number of ether oxygens (including phenoxy) is 1. The fraction of sp³-hybridized carbons (Fsp3) is 0.667. The van der Waals surface area contributed by atoms with Crippen LogP contribution >= 0.6 is 0 Å². The molecule has 3 heteroatoms. The Morgan fingerprint density at radius 3 is 2.57 bits per heavy atom. The summed E-state index contributed by atoms with van der Waals surface area (Å²) < 4.78 is 5.49. The molecule has 1 saturated heterocycles. The summed E-state index contributed by atoms with van der Waals surface area (Å²) in [6, 6.07) is 7.31. The van der Waals surface area contributed by atoms with E-state index < -0.39 is 0 Å². The largest absolute Gasteiger partial charge is 0.380 e. The maximum absolute atomic E-state index is 5.49. The first-order chi connectivity index (χ1) is 10.1. The van der Waals surface area contributed by atoms with Gasteiger partial charge in [0, 0.05) is 32.8 Å². The first-order valence-corrected chi connectivity index (χ1v) is 8.19. The van der Waals surface area contributed by atoms with Crippen LogP contribution in [0.2, 0.25) is 0 Å². The summed E-state index contributed by atoms with van der Waals surface area (Å²) in [5, 5.41) is 3.72. The van der Waals surface area contributed by atoms with Gasteiger partial charge < -0.3 is 10.1 Å². The fourth-order valence-corrected chi connectivity index (χ4v) is 3.23. The molecular formula is C18H30N2O. The van der Waals surface area contributed by atoms with Crippen molar-refractivity contribution in [3.63, 3.8) is 0 Å². The number of hydrogen-bond donors (Lipinski definition) is 1. The Morgan fingerprint density at radius 1 is 1.29 bits per heavy atom. The van der Waals surface area contributed by atoms with Gasteiger partial charge in [0.05, 0.1) is 6.10 Å². The zero-order valence-corrected chi connectivity index (χ0v) is 14.0. The summed E-state index contributed by atoms with van der Waals surface area (Å²) in [6.45, 7) is 10.9. The third-order valence-electron chi connectivity index (χ3n) is 4.29. The van der Waals surface area contributed by atoms with Crippen LogP contribution in [0.3, 0.4) is 0 Å². The van der Waals surface area contributed by atoms with Gasteiger partial charge in [-0.25, -0.2) is 0 Å². The van der Waals surface area contributed by atoms with E-state index in [2.05, 4.69) is 49.2 Å². The molecule has 1 aliphatic rings. The van der Waals surface area contributed by atoms with Gasteiger partial charge in [0.15, 0.2) is 0 Å². The van der Waals surface area contributed by atoms with E-state index in [0.717, 1.165) is 32.6 Å². The molecule has 1 N–H and O–H groups in total. The van der Waals surface area contributed by atoms with Crippen molar-refractivity contribution in [2.45, 2.75) is 45.8 Å². The summed E-state index contributed by atoms with van der Waals surface area (Å²) >= 11 is 0. The molecule has 1 aliphatic heterocycles. The number of nitrogens with one attached hydrogen (secondary N) is 1. The van der Waals surface area contributed by atoms with Crippen molar-refractivity contribution in [3.8, 4) is 0 Å². The van der Waals surface area contributed by atoms with E-state index in [1.165, 1.54) is 23.1 Å². The van der Waals surface area contributed by atoms with Gasteiger partial charge in [-0.3, -0.25) is 4.90 Å². The molecule has 118 valence electrons. The third kappa shape index (κ3) is 4.80. The number of hydrogen-bond acceptors (Lipinski definition) is 3. The van der Waals surface area contributed by atoms with Gasteiger partial charge in [0.2, 0.25) is 0 Å². The topological polar surface area (TPSA) is 24.5 Å². The molecule has 1 heterocycles. The molecule has 0 bridgehead atoms. The van der Waals surface area contributed by atoms with Gasteiger partial charge >= 0.3 is 0 Å². The molecule has 0 aliphatic carbocycles. The number of aryl methyl sites for hydroxylation is 2. The van der Waals surface area contributed by atoms with E-state index in [1.54, 1.807) is 0 Å². The smallest absolute Gasteiger partial charge is 0.0710 e. The van der Waals surface area contributed by atoms with E-state index in [-0.39, 0.29) is 0 Å². The average molecular weight is 290 g/mol. The zero-order valence-electron chi connectivity index (χ0n) is 14.0. The summed E-state index contributed by atoms with van der Waals surface area (Å²) in [5.74, 6) is 0. The van der Waals surface area contributed by atoms with Crippen LogP contribution in [0.25, 0.3) is 0 Å². The molecule has 0 spiro atoms. The van der Waals surface area contributed by atoms with Crippen LogP contribution in [0.15, 0.2) is 18.2 Å². The molecular weight excluding hydrogens is 260 g/mol. The molecule has 21 heavy (non-hydrogen) atoms. The Bertz CT molecular complexity index is 427. The van der Waals surface area contributed by atoms with Gasteiger partial charge in [0.25, 0.3) is 0 Å². The minimum Gasteiger partial charge on any atom is -0.380 e. The highest BCUT2D eigenvalue weighted by molar-refractivity contribution is 5.31. The molecule has 0 radical (unpaired) electrons. The van der Waals surface area contributed by atoms with Gasteiger partial charge in [0.1, 0.15) is 0 Å². The second-order valence-electron chi connectivity index (χ2n) is 6.33. The fourth-order valence-electron chi connectivity index (χ4n) is 3.23. The van der Waals surface area contributed by atoms with Crippen LogP contribution in [0.1, 0.15) is 42.5 Å². The van der Waals surface area contributed by atoms with Gasteiger partial charge in [-0.2, -0.15) is 0 Å². The Kier molecular flexibility index (Phi) is 6.22. The number of benzene rings is 1. The Morgan fingerprint density at radius 2 is 2.00 bits per heavy atom. The van der Waals surface area contributed by atoms with E-state index in [9.17, 15) is 0 Å². The lowest BCUT2D eigenvalue weighted by atomic mass is 10.0. The van der Waals surface area contributed by atoms with Gasteiger partial charge in [-0.1, -0.05) is 36.2 Å². The van der Waals surface area contributed by atoms with Crippen LogP contribution in [0.4, 0.5) is 0 Å². The van der Waals surface area contributed by atoms with Crippen molar-refractivity contribution < 1.29 is 4.74 Å². The average Bonchev–Trinajstić information content (AvgIpc) is 2.90. The lowest BCUT2D eigenvalue weighted by molar-refractivity contribution is 0.106. The van der Waals surface area contributed by atoms with Crippen LogP contribution in [0.5, 0.6) is 0 Å². The second kappa shape index (κ2) is 7.92. The van der Waals surface area contributed by atoms with Crippen molar-refractivity contribution in [1.82, 2.24) is 10.2 Å². The monoisotopic (exact) mass is 290 g/mol. The summed E-state index contributed by atoms with van der Waals surface area (Å²) in [4.78, 5) is 2.53. The molecule has 0 saturated carbocycles. The number of methoxy groups -OCH3 is 1. The molecule has 2 rings (SSSR count). The molecule has 1 aromatic carbocycles. The maximum atomic E-state index is 5.49. The molecule has 1 fully saturated rings. The zero-order chi connectivity index (χ0) is 15.2. The standard InChI is InChI=1S/C18H30N2O/c1-5-7-19-18(13-20-8-6-17(12-20)21-4)16-10-14(2)9-15(3)11-16/h9-11,17-19H,5-8,12-13H2,1-4H3. The normalized spacial score (nSPS) is 20.9. The highest BCUT2D eigenvalue weighted by Crippen LogP contribution is 2.21. The predicted molar refractivity (Wildman–Crippen MR) is 88.8 cm³/mol. The van der Waals surface area contributed by atoms with Crippen LogP contribution < -0.4 is 5.32 Å². The number of rotatable bonds is 7. The first-order valence-electron chi connectivity index (χ1n) is 8.19. The predicted octanol–water partition coefficient (Wildman–Crippen LogP) is 3.06. The SMILES string of the molecule is CCCNC(CN1CCC(OC)C1)c1cc(C)cc(C)c1. The highest BCUT2D eigenvalue weighted by atomic mass is 16.5. The minimum absolute atomic E-state index is 0.413. The highest BCUT2D eigenvalue weighted by Gasteiger charge is 2.24. The molecule has 1 aromatic rings. The van der Waals surface area contributed by atoms with Crippen molar-refractivity contribution >= 4 is 0 Å². The van der Waals surface area contributed by atoms with E-state index in [4.69, 9.17) is 4.74 Å². The molecule has 0 aromatic heterocycles. The number of likely N-dealkylation sites (tertiary alicyclic amines) is 1. The van der Waals surface area contributed by atoms with Crippen molar-refractivity contribution in [2.24, 2.45) is 0 Å². The van der Waals surface area contributed by atoms with E-state index in [0.29, 0.717) is 12.1 Å². The summed E-state index contributed by atoms with van der Waals surface area (Å²) in [6.07, 6.45) is 2.74. The molecule has 2 unspecified atom stereocenters. The van der Waals surface area contributed by atoms with E-state index >= 15 is 0 Å². The molecule has 2 atom stereocenters. The van der Waals surface area contributed by atoms with Gasteiger partial charge in [-0.15, -0.1) is 0 Å². The summed E-state index contributed by atoms with van der Waals surface area (Å²) in [5.41, 5.74) is 4.12. The maximum Gasteiger partial charge on any atom is 0.0710 e. The lowest BCUT2D eigenvalue weighted by Crippen LogP contribution is -2.35. The quantitative estimate of drug-likeness (QED) is 0.835. The van der Waals surface area contributed by atoms with Crippen LogP contribution in [0, 0.1) is 13.8 Å². The van der Waals surface area contributed by atoms with Crippen LogP contribution in [-0.2, 0) is 4.74 Å². The van der Waals surface area contributed by atoms with Crippen molar-refractivity contribution in [3.05, 3.63) is 34.9 Å². The Hall–Kier alpha value is -0.900. The van der Waals surface area contributed by atoms with Crippen molar-refractivity contribution in [2.75, 3.05) is 33.3 Å². The van der Waals surface area contributed by atoms with Crippen molar-refractivity contribution in [1.29, 1.82) is 0 Å². The van der Waals surface area contributed by atoms with E-state index in [1.807, 2.05) is 7.11 Å². The lowest BCUT2D eigenvalue weighted by Gasteiger charge is -2.26. The Balaban J connectivity index is 2.06. The molecule has 0 amide bonds. The third-order valence-corrected chi connectivity index (χ3v) is 4.29. The summed E-state index contributed by atoms with van der Waals surface area (Å²) in [7, 11) is 1.82. The first kappa shape index (κ1) is 16.5. The number of nitrogens with zero attached hydrogens (tertiary/aromatic N) is 1.